The molecule has 0 aromatic heterocycles. The van der Waals surface area contributed by atoms with Crippen molar-refractivity contribution in [3.63, 3.8) is 0 Å². The van der Waals surface area contributed by atoms with Crippen LogP contribution in [0, 0.1) is 5.41 Å². The van der Waals surface area contributed by atoms with Crippen LogP contribution < -0.4 is 9.47 Å². The number of alkyl halides is 3. The number of rotatable bonds is 5. The Morgan fingerprint density at radius 1 is 1.30 bits per heavy atom. The fourth-order valence-corrected chi connectivity index (χ4v) is 3.86. The van der Waals surface area contributed by atoms with Gasteiger partial charge >= 0.3 is 12.3 Å². The zero-order valence-electron chi connectivity index (χ0n) is 17.2. The first-order chi connectivity index (χ1) is 13.9. The van der Waals surface area contributed by atoms with E-state index in [1.54, 1.807) is 27.7 Å². The van der Waals surface area contributed by atoms with Crippen LogP contribution in [0.2, 0.25) is 0 Å². The van der Waals surface area contributed by atoms with E-state index < -0.39 is 45.3 Å². The van der Waals surface area contributed by atoms with Crippen LogP contribution in [0.25, 0.3) is 0 Å². The first-order valence-electron chi connectivity index (χ1n) is 9.59. The minimum absolute atomic E-state index is 0.105. The summed E-state index contributed by atoms with van der Waals surface area (Å²) >= 11 is 0. The van der Waals surface area contributed by atoms with Crippen molar-refractivity contribution in [1.82, 2.24) is 0 Å². The summed E-state index contributed by atoms with van der Waals surface area (Å²) in [6, 6.07) is 3.67. The molecule has 1 saturated carbocycles. The van der Waals surface area contributed by atoms with E-state index in [4.69, 9.17) is 9.47 Å². The van der Waals surface area contributed by atoms with Gasteiger partial charge in [-0.3, -0.25) is 4.79 Å². The van der Waals surface area contributed by atoms with Gasteiger partial charge in [0, 0.05) is 18.1 Å². The molecule has 0 spiro atoms. The van der Waals surface area contributed by atoms with E-state index in [0.717, 1.165) is 12.1 Å². The molecule has 6 nitrogen and oxygen atoms in total. The van der Waals surface area contributed by atoms with E-state index in [1.807, 2.05) is 0 Å². The number of carbonyl (C=O) groups is 1. The van der Waals surface area contributed by atoms with Crippen LogP contribution in [0.4, 0.5) is 13.2 Å². The number of hydrogen-bond donors (Lipinski definition) is 0. The van der Waals surface area contributed by atoms with Crippen molar-refractivity contribution >= 4 is 22.7 Å². The van der Waals surface area contributed by atoms with Gasteiger partial charge in [-0.25, -0.2) is 4.21 Å². The Hall–Kier alpha value is -2.10. The maximum atomic E-state index is 12.6. The van der Waals surface area contributed by atoms with E-state index in [9.17, 15) is 22.2 Å². The molecule has 1 aromatic carbocycles. The maximum Gasteiger partial charge on any atom is 0.573 e. The lowest BCUT2D eigenvalue weighted by Gasteiger charge is -2.32. The van der Waals surface area contributed by atoms with E-state index in [2.05, 4.69) is 9.13 Å². The molecule has 0 bridgehead atoms. The van der Waals surface area contributed by atoms with Gasteiger partial charge < -0.3 is 14.2 Å². The monoisotopic (exact) mass is 447 g/mol. The molecule has 0 radical (unpaired) electrons. The minimum Gasteiger partial charge on any atom is -0.488 e. The topological polar surface area (TPSA) is 74.2 Å². The second-order valence-corrected chi connectivity index (χ2v) is 10.2. The molecule has 0 N–H and O–H groups in total. The van der Waals surface area contributed by atoms with E-state index in [0.29, 0.717) is 24.1 Å². The lowest BCUT2D eigenvalue weighted by molar-refractivity contribution is -0.274. The van der Waals surface area contributed by atoms with Crippen LogP contribution in [-0.4, -0.2) is 39.7 Å². The zero-order valence-corrected chi connectivity index (χ0v) is 18.0. The van der Waals surface area contributed by atoms with E-state index in [1.165, 1.54) is 6.07 Å². The molecule has 1 aliphatic heterocycles. The molecule has 0 amide bonds. The van der Waals surface area contributed by atoms with Crippen LogP contribution in [0.1, 0.15) is 52.5 Å². The Morgan fingerprint density at radius 3 is 2.50 bits per heavy atom. The summed E-state index contributed by atoms with van der Waals surface area (Å²) in [6.45, 7) is 7.22. The van der Waals surface area contributed by atoms with E-state index in [-0.39, 0.29) is 18.8 Å². The Kier molecular flexibility index (Phi) is 5.92. The quantitative estimate of drug-likeness (QED) is 0.628. The molecule has 1 heterocycles. The van der Waals surface area contributed by atoms with Gasteiger partial charge in [0.05, 0.1) is 17.1 Å². The van der Waals surface area contributed by atoms with Gasteiger partial charge in [0.2, 0.25) is 0 Å². The largest absolute Gasteiger partial charge is 0.573 e. The number of hydrogen-bond acceptors (Lipinski definition) is 5. The van der Waals surface area contributed by atoms with Gasteiger partial charge in [0.1, 0.15) is 34.0 Å². The highest BCUT2D eigenvalue weighted by Gasteiger charge is 2.59. The highest BCUT2D eigenvalue weighted by atomic mass is 32.2. The molecule has 3 rings (SSSR count). The van der Waals surface area contributed by atoms with Crippen molar-refractivity contribution in [3.05, 3.63) is 23.8 Å². The SMILES string of the molecule is CCOC(=O)C1([C@@H]2C/C(=N\[S@](=O)C(C)(C)C)c3ccc(OC(F)(F)F)cc3O2)CC1. The van der Waals surface area contributed by atoms with Crippen molar-refractivity contribution in [2.45, 2.75) is 64.2 Å². The number of halogens is 3. The fraction of sp³-hybridized carbons (Fsp3) is 0.600. The van der Waals surface area contributed by atoms with Crippen LogP contribution in [-0.2, 0) is 20.5 Å². The van der Waals surface area contributed by atoms with Gasteiger partial charge in [-0.05, 0) is 52.7 Å². The van der Waals surface area contributed by atoms with E-state index >= 15 is 0 Å². The minimum atomic E-state index is -4.85. The van der Waals surface area contributed by atoms with Gasteiger partial charge in [-0.2, -0.15) is 4.40 Å². The Morgan fingerprint density at radius 2 is 1.97 bits per heavy atom. The fourth-order valence-electron chi connectivity index (χ4n) is 3.21. The third-order valence-electron chi connectivity index (χ3n) is 4.95. The van der Waals surface area contributed by atoms with Crippen molar-refractivity contribution in [1.29, 1.82) is 0 Å². The van der Waals surface area contributed by atoms with Crippen molar-refractivity contribution in [2.75, 3.05) is 6.61 Å². The summed E-state index contributed by atoms with van der Waals surface area (Å²) in [4.78, 5) is 12.5. The second kappa shape index (κ2) is 7.86. The van der Waals surface area contributed by atoms with Gasteiger partial charge in [-0.1, -0.05) is 0 Å². The average Bonchev–Trinajstić information content (AvgIpc) is 3.41. The molecule has 10 heteroatoms. The first-order valence-corrected chi connectivity index (χ1v) is 10.7. The number of ether oxygens (including phenoxy) is 3. The molecular weight excluding hydrogens is 423 g/mol. The van der Waals surface area contributed by atoms with Crippen molar-refractivity contribution < 1.29 is 36.4 Å². The lowest BCUT2D eigenvalue weighted by Crippen LogP contribution is -2.41. The third-order valence-corrected chi connectivity index (χ3v) is 6.38. The zero-order chi connectivity index (χ0) is 22.3. The summed E-state index contributed by atoms with van der Waals surface area (Å²) in [5, 5.41) is 0. The maximum absolute atomic E-state index is 12.6. The number of carbonyl (C=O) groups excluding carboxylic acids is 1. The van der Waals surface area contributed by atoms with Crippen LogP contribution in [0.5, 0.6) is 11.5 Å². The van der Waals surface area contributed by atoms with Crippen LogP contribution >= 0.6 is 0 Å². The summed E-state index contributed by atoms with van der Waals surface area (Å²) < 4.78 is 69.4. The summed E-state index contributed by atoms with van der Waals surface area (Å²) in [7, 11) is -1.59. The second-order valence-electron chi connectivity index (χ2n) is 8.29. The highest BCUT2D eigenvalue weighted by Crippen LogP contribution is 2.54. The molecule has 1 aliphatic carbocycles. The molecule has 1 fully saturated rings. The Bertz CT molecular complexity index is 887. The van der Waals surface area contributed by atoms with Gasteiger partial charge in [0.15, 0.2) is 0 Å². The normalized spacial score (nSPS) is 22.6. The molecule has 0 unspecified atom stereocenters. The summed E-state index contributed by atoms with van der Waals surface area (Å²) in [5.74, 6) is -0.746. The number of esters is 1. The van der Waals surface area contributed by atoms with Crippen LogP contribution in [0.15, 0.2) is 22.6 Å². The molecular formula is C20H24F3NO5S. The lowest BCUT2D eigenvalue weighted by atomic mass is 9.89. The molecule has 2 aliphatic rings. The summed E-state index contributed by atoms with van der Waals surface area (Å²) in [5.41, 5.74) is -0.0276. The molecule has 166 valence electrons. The van der Waals surface area contributed by atoms with Crippen LogP contribution in [0.3, 0.4) is 0 Å². The molecule has 0 saturated heterocycles. The third kappa shape index (κ3) is 4.79. The van der Waals surface area contributed by atoms with Crippen molar-refractivity contribution in [3.8, 4) is 11.5 Å². The van der Waals surface area contributed by atoms with Gasteiger partial charge in [-0.15, -0.1) is 13.2 Å². The van der Waals surface area contributed by atoms with Gasteiger partial charge in [0.25, 0.3) is 0 Å². The Labute approximate surface area is 175 Å². The number of benzene rings is 1. The standard InChI is InChI=1S/C20H24F3NO5S/c1-5-27-17(25)19(8-9-19)16-11-14(24-30(26)18(2,3)4)13-7-6-12(10-15(13)28-16)29-20(21,22)23/h6-7,10,16H,5,8-9,11H2,1-4H3/b24-14+/t16-,30+/m0/s1. The number of fused-ring (bicyclic) bond motifs is 1. The molecule has 30 heavy (non-hydrogen) atoms. The predicted molar refractivity (Wildman–Crippen MR) is 105 cm³/mol. The molecule has 1 aromatic rings. The highest BCUT2D eigenvalue weighted by molar-refractivity contribution is 7.85. The summed E-state index contributed by atoms with van der Waals surface area (Å²) in [6.07, 6.45) is -4.25. The number of nitrogens with zero attached hydrogens (tertiary/aromatic N) is 1. The first kappa shape index (κ1) is 22.6. The molecule has 2 atom stereocenters. The van der Waals surface area contributed by atoms with Crippen molar-refractivity contribution in [2.24, 2.45) is 9.81 Å². The smallest absolute Gasteiger partial charge is 0.488 e. The Balaban J connectivity index is 2.01. The predicted octanol–water partition coefficient (Wildman–Crippen LogP) is 4.33. The average molecular weight is 447 g/mol.